The van der Waals surface area contributed by atoms with Crippen LogP contribution >= 0.6 is 0 Å². The second kappa shape index (κ2) is 9.29. The first-order valence-corrected chi connectivity index (χ1v) is 9.62. The molecule has 4 rings (SSSR count). The Morgan fingerprint density at radius 1 is 0.630 bits per heavy atom. The molecular formula is C25H26O2. The van der Waals surface area contributed by atoms with E-state index in [0.717, 1.165) is 42.4 Å². The summed E-state index contributed by atoms with van der Waals surface area (Å²) in [4.78, 5) is 11.8. The third-order valence-corrected chi connectivity index (χ3v) is 5.06. The van der Waals surface area contributed by atoms with E-state index in [9.17, 15) is 9.90 Å². The summed E-state index contributed by atoms with van der Waals surface area (Å²) in [7, 11) is 0. The van der Waals surface area contributed by atoms with E-state index in [2.05, 4.69) is 0 Å². The highest BCUT2D eigenvalue weighted by atomic mass is 16.3. The predicted octanol–water partition coefficient (Wildman–Crippen LogP) is 5.76. The molecule has 0 heterocycles. The molecule has 0 saturated heterocycles. The molecule has 0 spiro atoms. The minimum Gasteiger partial charge on any atom is -0.385 e. The number of hydrogen-bond acceptors (Lipinski definition) is 2. The zero-order valence-electron chi connectivity index (χ0n) is 15.6. The van der Waals surface area contributed by atoms with Crippen LogP contribution in [0.1, 0.15) is 53.6 Å². The lowest BCUT2D eigenvalue weighted by Crippen LogP contribution is -2.28. The van der Waals surface area contributed by atoms with Gasteiger partial charge in [-0.3, -0.25) is 4.79 Å². The van der Waals surface area contributed by atoms with Crippen molar-refractivity contribution in [3.8, 4) is 0 Å². The summed E-state index contributed by atoms with van der Waals surface area (Å²) in [6.45, 7) is 0. The molecular weight excluding hydrogens is 332 g/mol. The van der Waals surface area contributed by atoms with Crippen molar-refractivity contribution in [2.45, 2.75) is 37.7 Å². The van der Waals surface area contributed by atoms with Crippen LogP contribution in [0, 0.1) is 0 Å². The Morgan fingerprint density at radius 2 is 1.04 bits per heavy atom. The van der Waals surface area contributed by atoms with Gasteiger partial charge in [-0.1, -0.05) is 110 Å². The molecule has 1 fully saturated rings. The van der Waals surface area contributed by atoms with E-state index in [4.69, 9.17) is 0 Å². The molecule has 0 amide bonds. The zero-order valence-corrected chi connectivity index (χ0v) is 15.6. The fourth-order valence-electron chi connectivity index (χ4n) is 3.52. The second-order valence-corrected chi connectivity index (χ2v) is 7.02. The van der Waals surface area contributed by atoms with Crippen LogP contribution in [0.5, 0.6) is 0 Å². The van der Waals surface area contributed by atoms with E-state index in [1.54, 1.807) is 0 Å². The maximum atomic E-state index is 11.8. The van der Waals surface area contributed by atoms with Gasteiger partial charge in [0.15, 0.2) is 5.78 Å². The summed E-state index contributed by atoms with van der Waals surface area (Å²) in [5, 5.41) is 10.3. The molecule has 1 saturated carbocycles. The van der Waals surface area contributed by atoms with E-state index in [0.29, 0.717) is 0 Å². The zero-order chi connectivity index (χ0) is 19.0. The molecule has 1 aliphatic carbocycles. The highest BCUT2D eigenvalue weighted by Crippen LogP contribution is 2.36. The lowest BCUT2D eigenvalue weighted by Gasteiger charge is -2.32. The molecule has 0 aliphatic heterocycles. The van der Waals surface area contributed by atoms with Gasteiger partial charge in [0.25, 0.3) is 0 Å². The van der Waals surface area contributed by atoms with Crippen LogP contribution < -0.4 is 0 Å². The SMILES string of the molecule is O=C(c1ccccc1)c1ccccc1.OC1(c2ccccc2)CCCCC1. The van der Waals surface area contributed by atoms with Gasteiger partial charge in [-0.15, -0.1) is 0 Å². The molecule has 0 atom stereocenters. The fraction of sp³-hybridized carbons (Fsp3) is 0.240. The predicted molar refractivity (Wildman–Crippen MR) is 110 cm³/mol. The minimum atomic E-state index is -0.528. The van der Waals surface area contributed by atoms with Crippen molar-refractivity contribution in [2.24, 2.45) is 0 Å². The van der Waals surface area contributed by atoms with Crippen LogP contribution in [-0.4, -0.2) is 10.9 Å². The van der Waals surface area contributed by atoms with Crippen molar-refractivity contribution in [1.29, 1.82) is 0 Å². The maximum Gasteiger partial charge on any atom is 0.193 e. The quantitative estimate of drug-likeness (QED) is 0.605. The molecule has 0 radical (unpaired) electrons. The van der Waals surface area contributed by atoms with Crippen molar-refractivity contribution < 1.29 is 9.90 Å². The van der Waals surface area contributed by atoms with E-state index >= 15 is 0 Å². The molecule has 0 unspecified atom stereocenters. The van der Waals surface area contributed by atoms with Gasteiger partial charge in [-0.2, -0.15) is 0 Å². The molecule has 27 heavy (non-hydrogen) atoms. The first-order chi connectivity index (χ1) is 13.2. The van der Waals surface area contributed by atoms with E-state index < -0.39 is 5.60 Å². The van der Waals surface area contributed by atoms with Crippen LogP contribution in [0.15, 0.2) is 91.0 Å². The molecule has 1 N–H and O–H groups in total. The Morgan fingerprint density at radius 3 is 1.48 bits per heavy atom. The molecule has 0 aromatic heterocycles. The minimum absolute atomic E-state index is 0.0752. The average molecular weight is 358 g/mol. The molecule has 138 valence electrons. The van der Waals surface area contributed by atoms with Crippen LogP contribution in [0.25, 0.3) is 0 Å². The number of ketones is 1. The molecule has 3 aromatic rings. The van der Waals surface area contributed by atoms with Gasteiger partial charge in [-0.05, 0) is 18.4 Å². The molecule has 2 nitrogen and oxygen atoms in total. The number of carbonyl (C=O) groups is 1. The van der Waals surface area contributed by atoms with Crippen molar-refractivity contribution in [3.05, 3.63) is 108 Å². The highest BCUT2D eigenvalue weighted by Gasteiger charge is 2.30. The smallest absolute Gasteiger partial charge is 0.193 e. The Hall–Kier alpha value is -2.71. The highest BCUT2D eigenvalue weighted by molar-refractivity contribution is 6.08. The molecule has 0 bridgehead atoms. The average Bonchev–Trinajstić information content (AvgIpc) is 2.76. The summed E-state index contributed by atoms with van der Waals surface area (Å²) >= 11 is 0. The summed E-state index contributed by atoms with van der Waals surface area (Å²) < 4.78 is 0. The summed E-state index contributed by atoms with van der Waals surface area (Å²) in [6.07, 6.45) is 5.44. The lowest BCUT2D eigenvalue weighted by molar-refractivity contribution is -0.000626. The third kappa shape index (κ3) is 5.15. The monoisotopic (exact) mass is 358 g/mol. The van der Waals surface area contributed by atoms with Gasteiger partial charge in [0.05, 0.1) is 5.60 Å². The Balaban J connectivity index is 0.000000156. The van der Waals surface area contributed by atoms with E-state index in [-0.39, 0.29) is 5.78 Å². The first-order valence-electron chi connectivity index (χ1n) is 9.62. The van der Waals surface area contributed by atoms with Gasteiger partial charge < -0.3 is 5.11 Å². The van der Waals surface area contributed by atoms with Gasteiger partial charge in [0, 0.05) is 11.1 Å². The first kappa shape index (κ1) is 19.1. The summed E-state index contributed by atoms with van der Waals surface area (Å²) in [6, 6.07) is 28.7. The van der Waals surface area contributed by atoms with E-state index in [1.807, 2.05) is 91.0 Å². The van der Waals surface area contributed by atoms with Crippen LogP contribution in [0.2, 0.25) is 0 Å². The van der Waals surface area contributed by atoms with Crippen LogP contribution in [-0.2, 0) is 5.60 Å². The van der Waals surface area contributed by atoms with Crippen molar-refractivity contribution in [3.63, 3.8) is 0 Å². The number of benzene rings is 3. The van der Waals surface area contributed by atoms with Crippen molar-refractivity contribution >= 4 is 5.78 Å². The van der Waals surface area contributed by atoms with E-state index in [1.165, 1.54) is 6.42 Å². The standard InChI is InChI=1S/C13H10O.C12H16O/c14-13(11-7-3-1-4-8-11)12-9-5-2-6-10-12;13-12(9-5-2-6-10-12)11-7-3-1-4-8-11/h1-10H;1,3-4,7-8,13H,2,5-6,9-10H2. The van der Waals surface area contributed by atoms with Crippen molar-refractivity contribution in [1.82, 2.24) is 0 Å². The molecule has 1 aliphatic rings. The number of carbonyl (C=O) groups excluding carboxylic acids is 1. The van der Waals surface area contributed by atoms with Crippen molar-refractivity contribution in [2.75, 3.05) is 0 Å². The van der Waals surface area contributed by atoms with Gasteiger partial charge in [0.1, 0.15) is 0 Å². The van der Waals surface area contributed by atoms with Gasteiger partial charge in [0.2, 0.25) is 0 Å². The van der Waals surface area contributed by atoms with Gasteiger partial charge >= 0.3 is 0 Å². The number of hydrogen-bond donors (Lipinski definition) is 1. The fourth-order valence-corrected chi connectivity index (χ4v) is 3.52. The Labute approximate surface area is 161 Å². The number of rotatable bonds is 3. The summed E-state index contributed by atoms with van der Waals surface area (Å²) in [5.74, 6) is 0.0752. The Kier molecular flexibility index (Phi) is 6.56. The summed E-state index contributed by atoms with van der Waals surface area (Å²) in [5.41, 5.74) is 2.03. The van der Waals surface area contributed by atoms with Crippen LogP contribution in [0.4, 0.5) is 0 Å². The Bertz CT molecular complexity index is 778. The third-order valence-electron chi connectivity index (χ3n) is 5.06. The number of aliphatic hydroxyl groups is 1. The van der Waals surface area contributed by atoms with Gasteiger partial charge in [-0.25, -0.2) is 0 Å². The molecule has 3 aromatic carbocycles. The second-order valence-electron chi connectivity index (χ2n) is 7.02. The normalized spacial score (nSPS) is 15.3. The largest absolute Gasteiger partial charge is 0.385 e. The molecule has 2 heteroatoms. The topological polar surface area (TPSA) is 37.3 Å². The lowest BCUT2D eigenvalue weighted by atomic mass is 9.80. The van der Waals surface area contributed by atoms with Crippen LogP contribution in [0.3, 0.4) is 0 Å². The maximum absolute atomic E-state index is 11.8.